The molecule has 0 aliphatic heterocycles. The first-order valence-corrected chi connectivity index (χ1v) is 12.2. The highest BCUT2D eigenvalue weighted by molar-refractivity contribution is 7.99. The summed E-state index contributed by atoms with van der Waals surface area (Å²) in [6, 6.07) is 15.5. The lowest BCUT2D eigenvalue weighted by Gasteiger charge is -2.05. The predicted octanol–water partition coefficient (Wildman–Crippen LogP) is 5.09. The van der Waals surface area contributed by atoms with Crippen molar-refractivity contribution in [3.8, 4) is 17.0 Å². The van der Waals surface area contributed by atoms with E-state index in [-0.39, 0.29) is 17.5 Å². The van der Waals surface area contributed by atoms with E-state index in [0.29, 0.717) is 23.1 Å². The van der Waals surface area contributed by atoms with E-state index in [0.717, 1.165) is 35.4 Å². The number of unbranched alkanes of at least 4 members (excludes halogenated alkanes) is 1. The standard InChI is InChI=1S/C25H23FN6O2S/c1-2-3-14-34-20-10-4-17(5-11-20)21-15-22-24-28-29-25(31(24)12-13-32(22)30-21)35-16-23(33)27-19-8-6-18(26)7-9-19/h4-13,15H,2-3,14,16H2,1H3,(H,27,33). The number of carbonyl (C=O) groups is 1. The van der Waals surface area contributed by atoms with Gasteiger partial charge in [0.05, 0.1) is 18.1 Å². The van der Waals surface area contributed by atoms with Crippen molar-refractivity contribution in [2.75, 3.05) is 17.7 Å². The van der Waals surface area contributed by atoms with Gasteiger partial charge in [0.1, 0.15) is 17.1 Å². The van der Waals surface area contributed by atoms with Crippen LogP contribution in [0, 0.1) is 5.82 Å². The number of halogens is 1. The fourth-order valence-electron chi connectivity index (χ4n) is 3.55. The number of amides is 1. The van der Waals surface area contributed by atoms with Gasteiger partial charge in [-0.25, -0.2) is 8.91 Å². The lowest BCUT2D eigenvalue weighted by molar-refractivity contribution is -0.113. The van der Waals surface area contributed by atoms with Crippen molar-refractivity contribution in [3.05, 3.63) is 72.8 Å². The first-order valence-electron chi connectivity index (χ1n) is 11.3. The van der Waals surface area contributed by atoms with Gasteiger partial charge in [0.25, 0.3) is 0 Å². The average molecular weight is 491 g/mol. The molecule has 0 saturated heterocycles. The zero-order valence-electron chi connectivity index (χ0n) is 19.0. The highest BCUT2D eigenvalue weighted by Gasteiger charge is 2.14. The summed E-state index contributed by atoms with van der Waals surface area (Å²) >= 11 is 1.27. The van der Waals surface area contributed by atoms with Crippen LogP contribution in [0.3, 0.4) is 0 Å². The number of aromatic nitrogens is 5. The van der Waals surface area contributed by atoms with Gasteiger partial charge in [-0.15, -0.1) is 10.2 Å². The molecule has 0 spiro atoms. The van der Waals surface area contributed by atoms with Gasteiger partial charge in [-0.3, -0.25) is 9.20 Å². The number of thioether (sulfide) groups is 1. The quantitative estimate of drug-likeness (QED) is 0.229. The van der Waals surface area contributed by atoms with Crippen LogP contribution in [-0.2, 0) is 4.79 Å². The number of carbonyl (C=O) groups excluding carboxylic acids is 1. The first-order chi connectivity index (χ1) is 17.1. The highest BCUT2D eigenvalue weighted by Crippen LogP contribution is 2.26. The molecule has 0 fully saturated rings. The number of nitrogens with one attached hydrogen (secondary N) is 1. The molecule has 2 aromatic carbocycles. The average Bonchev–Trinajstić information content (AvgIpc) is 3.49. The fourth-order valence-corrected chi connectivity index (χ4v) is 4.26. The lowest BCUT2D eigenvalue weighted by atomic mass is 10.1. The smallest absolute Gasteiger partial charge is 0.234 e. The van der Waals surface area contributed by atoms with Crippen LogP contribution in [0.1, 0.15) is 19.8 Å². The minimum Gasteiger partial charge on any atom is -0.494 e. The third-order valence-electron chi connectivity index (χ3n) is 5.36. The largest absolute Gasteiger partial charge is 0.494 e. The Labute approximate surface area is 205 Å². The maximum atomic E-state index is 13.0. The zero-order chi connectivity index (χ0) is 24.2. The molecule has 8 nitrogen and oxygen atoms in total. The van der Waals surface area contributed by atoms with Crippen LogP contribution in [0.4, 0.5) is 10.1 Å². The summed E-state index contributed by atoms with van der Waals surface area (Å²) in [5.41, 5.74) is 3.78. The fraction of sp³-hybridized carbons (Fsp3) is 0.200. The molecule has 0 saturated carbocycles. The Morgan fingerprint density at radius 3 is 2.66 bits per heavy atom. The lowest BCUT2D eigenvalue weighted by Crippen LogP contribution is -2.14. The molecular weight excluding hydrogens is 467 g/mol. The predicted molar refractivity (Wildman–Crippen MR) is 133 cm³/mol. The van der Waals surface area contributed by atoms with Crippen molar-refractivity contribution in [1.82, 2.24) is 24.2 Å². The molecule has 10 heteroatoms. The van der Waals surface area contributed by atoms with Gasteiger partial charge in [0.15, 0.2) is 10.8 Å². The highest BCUT2D eigenvalue weighted by atomic mass is 32.2. The molecule has 0 bridgehead atoms. The number of rotatable bonds is 9. The molecule has 0 atom stereocenters. The van der Waals surface area contributed by atoms with Gasteiger partial charge in [-0.2, -0.15) is 5.10 Å². The van der Waals surface area contributed by atoms with E-state index in [9.17, 15) is 9.18 Å². The second-order valence-electron chi connectivity index (χ2n) is 7.90. The molecule has 1 amide bonds. The van der Waals surface area contributed by atoms with E-state index in [1.165, 1.54) is 36.0 Å². The van der Waals surface area contributed by atoms with Crippen molar-refractivity contribution in [2.24, 2.45) is 0 Å². The summed E-state index contributed by atoms with van der Waals surface area (Å²) in [6.45, 7) is 2.85. The summed E-state index contributed by atoms with van der Waals surface area (Å²) in [5, 5.41) is 16.6. The van der Waals surface area contributed by atoms with Gasteiger partial charge >= 0.3 is 0 Å². The summed E-state index contributed by atoms with van der Waals surface area (Å²) in [4.78, 5) is 12.3. The first kappa shape index (κ1) is 22.9. The Hall–Kier alpha value is -3.92. The molecule has 5 rings (SSSR count). The number of ether oxygens (including phenoxy) is 1. The monoisotopic (exact) mass is 490 g/mol. The second kappa shape index (κ2) is 10.1. The second-order valence-corrected chi connectivity index (χ2v) is 8.85. The van der Waals surface area contributed by atoms with Gasteiger partial charge in [-0.1, -0.05) is 25.1 Å². The Morgan fingerprint density at radius 2 is 1.89 bits per heavy atom. The third kappa shape index (κ3) is 5.12. The van der Waals surface area contributed by atoms with Crippen molar-refractivity contribution in [2.45, 2.75) is 24.9 Å². The maximum Gasteiger partial charge on any atom is 0.234 e. The van der Waals surface area contributed by atoms with Crippen LogP contribution in [0.15, 0.2) is 72.1 Å². The number of benzene rings is 2. The van der Waals surface area contributed by atoms with Gasteiger partial charge in [-0.05, 0) is 61.0 Å². The van der Waals surface area contributed by atoms with Crippen molar-refractivity contribution < 1.29 is 13.9 Å². The Bertz CT molecular complexity index is 1460. The summed E-state index contributed by atoms with van der Waals surface area (Å²) in [7, 11) is 0. The van der Waals surface area contributed by atoms with Crippen molar-refractivity contribution >= 4 is 34.5 Å². The van der Waals surface area contributed by atoms with Crippen LogP contribution in [0.5, 0.6) is 5.75 Å². The molecular formula is C25H23FN6O2S. The molecule has 178 valence electrons. The molecule has 3 aromatic heterocycles. The Kier molecular flexibility index (Phi) is 6.62. The molecule has 0 unspecified atom stereocenters. The molecule has 35 heavy (non-hydrogen) atoms. The van der Waals surface area contributed by atoms with E-state index in [2.05, 4.69) is 27.5 Å². The summed E-state index contributed by atoms with van der Waals surface area (Å²) in [5.74, 6) is 0.416. The number of nitrogens with zero attached hydrogens (tertiary/aromatic N) is 5. The summed E-state index contributed by atoms with van der Waals surface area (Å²) < 4.78 is 22.4. The normalized spacial score (nSPS) is 11.3. The molecule has 0 radical (unpaired) electrons. The van der Waals surface area contributed by atoms with Crippen LogP contribution in [-0.4, -0.2) is 42.5 Å². The number of hydrogen-bond acceptors (Lipinski definition) is 6. The maximum absolute atomic E-state index is 13.0. The third-order valence-corrected chi connectivity index (χ3v) is 6.31. The molecule has 1 N–H and O–H groups in total. The molecule has 3 heterocycles. The van der Waals surface area contributed by atoms with Gasteiger partial charge in [0.2, 0.25) is 5.91 Å². The molecule has 0 aliphatic rings. The number of anilines is 1. The summed E-state index contributed by atoms with van der Waals surface area (Å²) in [6.07, 6.45) is 5.78. The topological polar surface area (TPSA) is 85.8 Å². The SMILES string of the molecule is CCCCOc1ccc(-c2cc3c4nnc(SCC(=O)Nc5ccc(F)cc5)n4ccn3n2)cc1. The zero-order valence-corrected chi connectivity index (χ0v) is 19.8. The van der Waals surface area contributed by atoms with E-state index in [1.807, 2.05) is 47.1 Å². The van der Waals surface area contributed by atoms with Crippen LogP contribution in [0.2, 0.25) is 0 Å². The van der Waals surface area contributed by atoms with E-state index < -0.39 is 0 Å². The van der Waals surface area contributed by atoms with Crippen LogP contribution < -0.4 is 10.1 Å². The molecule has 0 aliphatic carbocycles. The number of fused-ring (bicyclic) bond motifs is 3. The van der Waals surface area contributed by atoms with E-state index in [1.54, 1.807) is 4.52 Å². The Morgan fingerprint density at radius 1 is 1.09 bits per heavy atom. The van der Waals surface area contributed by atoms with Crippen molar-refractivity contribution in [1.29, 1.82) is 0 Å². The Balaban J connectivity index is 1.30. The van der Waals surface area contributed by atoms with E-state index >= 15 is 0 Å². The van der Waals surface area contributed by atoms with Crippen LogP contribution in [0.25, 0.3) is 22.4 Å². The van der Waals surface area contributed by atoms with Gasteiger partial charge < -0.3 is 10.1 Å². The van der Waals surface area contributed by atoms with E-state index in [4.69, 9.17) is 4.74 Å². The number of hydrogen-bond donors (Lipinski definition) is 1. The van der Waals surface area contributed by atoms with Crippen molar-refractivity contribution in [3.63, 3.8) is 0 Å². The minimum absolute atomic E-state index is 0.139. The van der Waals surface area contributed by atoms with Crippen LogP contribution >= 0.6 is 11.8 Å². The molecule has 5 aromatic rings. The van der Waals surface area contributed by atoms with Gasteiger partial charge in [0, 0.05) is 23.6 Å². The minimum atomic E-state index is -0.352.